The van der Waals surface area contributed by atoms with Crippen LogP contribution in [-0.4, -0.2) is 55.1 Å². The Balaban J connectivity index is 1.97. The van der Waals surface area contributed by atoms with Crippen molar-refractivity contribution in [1.29, 1.82) is 0 Å². The molecular formula is C21H30N4O2S. The van der Waals surface area contributed by atoms with Gasteiger partial charge in [0.15, 0.2) is 5.11 Å². The Labute approximate surface area is 172 Å². The van der Waals surface area contributed by atoms with Crippen molar-refractivity contribution < 1.29 is 9.26 Å². The summed E-state index contributed by atoms with van der Waals surface area (Å²) in [7, 11) is 1.71. The highest BCUT2D eigenvalue weighted by Gasteiger charge is 2.26. The predicted molar refractivity (Wildman–Crippen MR) is 117 cm³/mol. The third-order valence-electron chi connectivity index (χ3n) is 4.98. The number of thiocarbonyl (C=S) groups is 1. The van der Waals surface area contributed by atoms with Gasteiger partial charge in [0.05, 0.1) is 18.7 Å². The number of benzene rings is 1. The molecule has 1 N–H and O–H groups in total. The molecule has 152 valence electrons. The van der Waals surface area contributed by atoms with E-state index in [1.54, 1.807) is 7.11 Å². The molecule has 1 aromatic heterocycles. The van der Waals surface area contributed by atoms with E-state index in [2.05, 4.69) is 51.5 Å². The maximum absolute atomic E-state index is 5.87. The second kappa shape index (κ2) is 9.89. The van der Waals surface area contributed by atoms with Crippen LogP contribution in [0.4, 0.5) is 5.88 Å². The third-order valence-corrected chi connectivity index (χ3v) is 5.38. The lowest BCUT2D eigenvalue weighted by Crippen LogP contribution is -2.41. The minimum absolute atomic E-state index is 0.607. The molecule has 0 saturated carbocycles. The average Bonchev–Trinajstić information content (AvgIpc) is 3.34. The molecule has 3 rings (SSSR count). The van der Waals surface area contributed by atoms with Crippen molar-refractivity contribution in [2.24, 2.45) is 0 Å². The zero-order valence-electron chi connectivity index (χ0n) is 17.0. The molecule has 0 bridgehead atoms. The van der Waals surface area contributed by atoms with Gasteiger partial charge in [0.1, 0.15) is 5.69 Å². The van der Waals surface area contributed by atoms with Crippen molar-refractivity contribution in [2.75, 3.05) is 44.8 Å². The van der Waals surface area contributed by atoms with Crippen molar-refractivity contribution in [3.05, 3.63) is 35.4 Å². The molecule has 0 unspecified atom stereocenters. The molecule has 2 aromatic rings. The van der Waals surface area contributed by atoms with Crippen LogP contribution in [0.1, 0.15) is 30.9 Å². The van der Waals surface area contributed by atoms with Crippen molar-refractivity contribution in [3.8, 4) is 11.3 Å². The number of ether oxygens (including phenoxy) is 1. The summed E-state index contributed by atoms with van der Waals surface area (Å²) in [6.45, 7) is 8.89. The zero-order chi connectivity index (χ0) is 19.9. The highest BCUT2D eigenvalue weighted by atomic mass is 32.1. The van der Waals surface area contributed by atoms with Gasteiger partial charge in [-0.15, -0.1) is 0 Å². The van der Waals surface area contributed by atoms with Gasteiger partial charge in [-0.1, -0.05) is 28.9 Å². The molecule has 1 aliphatic heterocycles. The van der Waals surface area contributed by atoms with E-state index in [4.69, 9.17) is 21.5 Å². The maximum atomic E-state index is 5.87. The number of nitrogens with zero attached hydrogens (tertiary/aromatic N) is 3. The molecule has 1 fully saturated rings. The Hall–Kier alpha value is -2.12. The van der Waals surface area contributed by atoms with Crippen molar-refractivity contribution in [3.63, 3.8) is 0 Å². The molecule has 0 aliphatic carbocycles. The number of aromatic nitrogens is 1. The minimum atomic E-state index is 0.607. The van der Waals surface area contributed by atoms with E-state index < -0.39 is 0 Å². The van der Waals surface area contributed by atoms with Gasteiger partial charge in [-0.2, -0.15) is 0 Å². The number of anilines is 1. The summed E-state index contributed by atoms with van der Waals surface area (Å²) < 4.78 is 11.2. The minimum Gasteiger partial charge on any atom is -0.383 e. The van der Waals surface area contributed by atoms with Crippen LogP contribution in [-0.2, 0) is 11.3 Å². The highest BCUT2D eigenvalue weighted by Crippen LogP contribution is 2.34. The van der Waals surface area contributed by atoms with E-state index in [1.807, 2.05) is 6.92 Å². The van der Waals surface area contributed by atoms with Crippen LogP contribution in [0.5, 0.6) is 0 Å². The van der Waals surface area contributed by atoms with Gasteiger partial charge >= 0.3 is 0 Å². The highest BCUT2D eigenvalue weighted by molar-refractivity contribution is 7.80. The van der Waals surface area contributed by atoms with Crippen molar-refractivity contribution in [1.82, 2.24) is 15.4 Å². The Kier molecular flexibility index (Phi) is 7.28. The number of nitrogens with one attached hydrogen (secondary N) is 1. The lowest BCUT2D eigenvalue weighted by Gasteiger charge is -2.26. The fraction of sp³-hybridized carbons (Fsp3) is 0.524. The first-order chi connectivity index (χ1) is 13.6. The van der Waals surface area contributed by atoms with E-state index in [9.17, 15) is 0 Å². The lowest BCUT2D eigenvalue weighted by molar-refractivity contribution is 0.174. The molecule has 0 amide bonds. The average molecular weight is 403 g/mol. The standard InChI is InChI=1S/C21H30N4O2S/c1-4-22-21(28)25(12-13-26-3)15-18-19(17-9-7-8-16(2)14-17)23-27-20(18)24-10-5-6-11-24/h7-9,14H,4-6,10-13,15H2,1-3H3,(H,22,28). The first-order valence-corrected chi connectivity index (χ1v) is 10.4. The molecule has 0 atom stereocenters. The molecule has 2 heterocycles. The van der Waals surface area contributed by atoms with Gasteiger partial charge in [-0.05, 0) is 45.0 Å². The molecule has 1 saturated heterocycles. The summed E-state index contributed by atoms with van der Waals surface area (Å²) in [6, 6.07) is 8.39. The summed E-state index contributed by atoms with van der Waals surface area (Å²) in [5.74, 6) is 0.871. The van der Waals surface area contributed by atoms with Crippen molar-refractivity contribution in [2.45, 2.75) is 33.2 Å². The van der Waals surface area contributed by atoms with Crippen LogP contribution in [0.15, 0.2) is 28.8 Å². The molecule has 6 nitrogen and oxygen atoms in total. The van der Waals surface area contributed by atoms with Crippen molar-refractivity contribution >= 4 is 23.2 Å². The summed E-state index contributed by atoms with van der Waals surface area (Å²) in [5, 5.41) is 8.46. The Morgan fingerprint density at radius 2 is 2.14 bits per heavy atom. The van der Waals surface area contributed by atoms with Gasteiger partial charge in [0.25, 0.3) is 0 Å². The van der Waals surface area contributed by atoms with E-state index in [0.29, 0.717) is 19.7 Å². The maximum Gasteiger partial charge on any atom is 0.232 e. The number of methoxy groups -OCH3 is 1. The van der Waals surface area contributed by atoms with Crippen LogP contribution < -0.4 is 10.2 Å². The normalized spacial score (nSPS) is 13.8. The van der Waals surface area contributed by atoms with Crippen LogP contribution >= 0.6 is 12.2 Å². The second-order valence-corrected chi connectivity index (χ2v) is 7.52. The van der Waals surface area contributed by atoms with Gasteiger partial charge in [0.2, 0.25) is 5.88 Å². The van der Waals surface area contributed by atoms with E-state index in [1.165, 1.54) is 18.4 Å². The van der Waals surface area contributed by atoms with E-state index in [0.717, 1.165) is 47.5 Å². The van der Waals surface area contributed by atoms with E-state index in [-0.39, 0.29) is 0 Å². The van der Waals surface area contributed by atoms with Gasteiger partial charge in [-0.3, -0.25) is 0 Å². The number of rotatable bonds is 8. The second-order valence-electron chi connectivity index (χ2n) is 7.13. The molecule has 0 spiro atoms. The van der Waals surface area contributed by atoms with Crippen LogP contribution in [0.25, 0.3) is 11.3 Å². The SMILES string of the molecule is CCNC(=S)N(CCOC)Cc1c(-c2cccc(C)c2)noc1N1CCCC1. The molecular weight excluding hydrogens is 372 g/mol. The third kappa shape index (κ3) is 4.83. The summed E-state index contributed by atoms with van der Waals surface area (Å²) in [5.41, 5.74) is 4.26. The summed E-state index contributed by atoms with van der Waals surface area (Å²) in [6.07, 6.45) is 2.37. The molecule has 7 heteroatoms. The quantitative estimate of drug-likeness (QED) is 0.677. The zero-order valence-corrected chi connectivity index (χ0v) is 17.8. The summed E-state index contributed by atoms with van der Waals surface area (Å²) >= 11 is 5.61. The first-order valence-electron chi connectivity index (χ1n) is 9.96. The van der Waals surface area contributed by atoms with Crippen LogP contribution in [0, 0.1) is 6.92 Å². The topological polar surface area (TPSA) is 53.8 Å². The smallest absolute Gasteiger partial charge is 0.232 e. The fourth-order valence-corrected chi connectivity index (χ4v) is 3.84. The number of aryl methyl sites for hydroxylation is 1. The Morgan fingerprint density at radius 3 is 2.82 bits per heavy atom. The van der Waals surface area contributed by atoms with Gasteiger partial charge < -0.3 is 24.4 Å². The number of hydrogen-bond donors (Lipinski definition) is 1. The monoisotopic (exact) mass is 402 g/mol. The largest absolute Gasteiger partial charge is 0.383 e. The van der Waals surface area contributed by atoms with Gasteiger partial charge in [0, 0.05) is 38.9 Å². The Morgan fingerprint density at radius 1 is 1.36 bits per heavy atom. The van der Waals surface area contributed by atoms with E-state index >= 15 is 0 Å². The molecule has 1 aromatic carbocycles. The predicted octanol–water partition coefficient (Wildman–Crippen LogP) is 3.59. The molecule has 28 heavy (non-hydrogen) atoms. The van der Waals surface area contributed by atoms with Crippen LogP contribution in [0.3, 0.4) is 0 Å². The summed E-state index contributed by atoms with van der Waals surface area (Å²) in [4.78, 5) is 4.43. The molecule has 1 aliphatic rings. The lowest BCUT2D eigenvalue weighted by atomic mass is 10.0. The molecule has 0 radical (unpaired) electrons. The van der Waals surface area contributed by atoms with Gasteiger partial charge in [-0.25, -0.2) is 0 Å². The Bertz CT molecular complexity index is 786. The van der Waals surface area contributed by atoms with Crippen LogP contribution in [0.2, 0.25) is 0 Å². The first kappa shape index (κ1) is 20.6. The number of hydrogen-bond acceptors (Lipinski definition) is 5. The fourth-order valence-electron chi connectivity index (χ4n) is 3.54.